The summed E-state index contributed by atoms with van der Waals surface area (Å²) in [6, 6.07) is -0.673. The molecule has 1 unspecified atom stereocenters. The standard InChI is InChI=1S/C14H17N5O4S4/c1-24-5-7(20)16-9-11(21)19-10(13(22)23)6(3-25-12(9)19)4-26-14-18-17-8(2-15)27-14/h9,12H,2-5,15H2,1H3,(H,16,20)(H,22,23)/t9?,12-/m0/s1. The monoisotopic (exact) mass is 447 g/mol. The first-order valence-corrected chi connectivity index (χ1v) is 12.0. The Bertz CT molecular complexity index is 798. The van der Waals surface area contributed by atoms with E-state index in [2.05, 4.69) is 15.5 Å². The molecule has 2 amide bonds. The molecule has 1 fully saturated rings. The van der Waals surface area contributed by atoms with Gasteiger partial charge < -0.3 is 16.2 Å². The van der Waals surface area contributed by atoms with Gasteiger partial charge in [0.05, 0.1) is 5.75 Å². The highest BCUT2D eigenvalue weighted by atomic mass is 32.2. The Morgan fingerprint density at radius 3 is 2.85 bits per heavy atom. The van der Waals surface area contributed by atoms with Crippen LogP contribution in [0.2, 0.25) is 0 Å². The molecule has 0 bridgehead atoms. The predicted octanol–water partition coefficient (Wildman–Crippen LogP) is 0.191. The van der Waals surface area contributed by atoms with E-state index < -0.39 is 12.0 Å². The van der Waals surface area contributed by atoms with E-state index in [4.69, 9.17) is 5.73 Å². The summed E-state index contributed by atoms with van der Waals surface area (Å²) in [6.45, 7) is 0.310. The van der Waals surface area contributed by atoms with Crippen LogP contribution in [0.1, 0.15) is 5.01 Å². The third-order valence-electron chi connectivity index (χ3n) is 3.83. The second kappa shape index (κ2) is 8.82. The van der Waals surface area contributed by atoms with E-state index in [1.54, 1.807) is 6.26 Å². The number of amides is 2. The Balaban J connectivity index is 1.71. The molecule has 0 aliphatic carbocycles. The van der Waals surface area contributed by atoms with Gasteiger partial charge in [-0.25, -0.2) is 4.79 Å². The lowest BCUT2D eigenvalue weighted by molar-refractivity contribution is -0.150. The van der Waals surface area contributed by atoms with Gasteiger partial charge in [0.2, 0.25) is 5.91 Å². The van der Waals surface area contributed by atoms with E-state index in [0.29, 0.717) is 33.0 Å². The number of rotatable bonds is 8. The maximum atomic E-state index is 12.5. The van der Waals surface area contributed by atoms with Gasteiger partial charge in [-0.15, -0.1) is 22.0 Å². The maximum Gasteiger partial charge on any atom is 0.352 e. The summed E-state index contributed by atoms with van der Waals surface area (Å²) < 4.78 is 0.706. The van der Waals surface area contributed by atoms with Crippen LogP contribution in [0.3, 0.4) is 0 Å². The molecule has 4 N–H and O–H groups in total. The number of nitrogens with zero attached hydrogens (tertiary/aromatic N) is 3. The molecule has 0 spiro atoms. The number of nitrogens with one attached hydrogen (secondary N) is 1. The van der Waals surface area contributed by atoms with Crippen LogP contribution in [0.25, 0.3) is 0 Å². The molecule has 27 heavy (non-hydrogen) atoms. The molecule has 2 atom stereocenters. The predicted molar refractivity (Wildman–Crippen MR) is 107 cm³/mol. The summed E-state index contributed by atoms with van der Waals surface area (Å²) >= 11 is 5.56. The quantitative estimate of drug-likeness (QED) is 0.374. The number of carbonyl (C=O) groups is 3. The van der Waals surface area contributed by atoms with E-state index in [-0.39, 0.29) is 28.6 Å². The molecule has 9 nitrogen and oxygen atoms in total. The number of nitrogens with two attached hydrogens (primary N) is 1. The minimum Gasteiger partial charge on any atom is -0.477 e. The third kappa shape index (κ3) is 4.26. The average Bonchev–Trinajstić information content (AvgIpc) is 3.11. The van der Waals surface area contributed by atoms with Crippen LogP contribution in [-0.4, -0.2) is 72.9 Å². The molecule has 1 saturated heterocycles. The van der Waals surface area contributed by atoms with Gasteiger partial charge in [-0.1, -0.05) is 23.1 Å². The van der Waals surface area contributed by atoms with Gasteiger partial charge in [-0.2, -0.15) is 11.8 Å². The van der Waals surface area contributed by atoms with Crippen molar-refractivity contribution in [1.82, 2.24) is 20.4 Å². The van der Waals surface area contributed by atoms with E-state index in [1.807, 2.05) is 0 Å². The first-order chi connectivity index (χ1) is 13.0. The van der Waals surface area contributed by atoms with Crippen LogP contribution in [0.4, 0.5) is 0 Å². The molecular weight excluding hydrogens is 430 g/mol. The fraction of sp³-hybridized carbons (Fsp3) is 0.500. The summed E-state index contributed by atoms with van der Waals surface area (Å²) in [7, 11) is 0. The number of carbonyl (C=O) groups excluding carboxylic acids is 2. The van der Waals surface area contributed by atoms with Gasteiger partial charge in [-0.3, -0.25) is 14.5 Å². The van der Waals surface area contributed by atoms with Gasteiger partial charge in [0, 0.05) is 18.1 Å². The van der Waals surface area contributed by atoms with Gasteiger partial charge in [-0.05, 0) is 11.8 Å². The van der Waals surface area contributed by atoms with Gasteiger partial charge in [0.1, 0.15) is 22.1 Å². The number of carboxylic acid groups (broad SMARTS) is 1. The first-order valence-electron chi connectivity index (χ1n) is 7.79. The van der Waals surface area contributed by atoms with Crippen molar-refractivity contribution in [2.45, 2.75) is 22.3 Å². The fourth-order valence-corrected chi connectivity index (χ4v) is 6.27. The minimum absolute atomic E-state index is 0.00943. The number of β-lactam (4-membered cyclic amide) rings is 1. The normalized spacial score (nSPS) is 21.7. The molecule has 1 aromatic heterocycles. The van der Waals surface area contributed by atoms with Gasteiger partial charge in [0.25, 0.3) is 5.91 Å². The highest BCUT2D eigenvalue weighted by Crippen LogP contribution is 2.41. The average molecular weight is 448 g/mol. The second-order valence-corrected chi connectivity index (χ2v) is 9.86. The van der Waals surface area contributed by atoms with Crippen molar-refractivity contribution in [3.63, 3.8) is 0 Å². The number of hydrogen-bond donors (Lipinski definition) is 3. The summed E-state index contributed by atoms with van der Waals surface area (Å²) in [4.78, 5) is 37.3. The second-order valence-electron chi connectivity index (χ2n) is 5.60. The van der Waals surface area contributed by atoms with E-state index in [1.165, 1.54) is 51.5 Å². The molecule has 1 aromatic rings. The largest absolute Gasteiger partial charge is 0.477 e. The molecule has 3 rings (SSSR count). The number of hydrogen-bond acceptors (Lipinski definition) is 10. The smallest absolute Gasteiger partial charge is 0.352 e. The highest BCUT2D eigenvalue weighted by Gasteiger charge is 2.54. The summed E-state index contributed by atoms with van der Waals surface area (Å²) in [5.41, 5.74) is 6.18. The third-order valence-corrected chi connectivity index (χ3v) is 7.89. The molecular formula is C14H17N5O4S4. The molecule has 13 heteroatoms. The number of thioether (sulfide) groups is 3. The van der Waals surface area contributed by atoms with Crippen LogP contribution in [0.5, 0.6) is 0 Å². The first kappa shape index (κ1) is 20.5. The molecule has 0 aromatic carbocycles. The van der Waals surface area contributed by atoms with Crippen LogP contribution in [0, 0.1) is 0 Å². The number of carboxylic acids is 1. The van der Waals surface area contributed by atoms with E-state index >= 15 is 0 Å². The maximum absolute atomic E-state index is 12.5. The van der Waals surface area contributed by atoms with Crippen molar-refractivity contribution < 1.29 is 19.5 Å². The summed E-state index contributed by atoms with van der Waals surface area (Å²) in [6.07, 6.45) is 1.80. The Morgan fingerprint density at radius 2 is 2.22 bits per heavy atom. The van der Waals surface area contributed by atoms with E-state index in [9.17, 15) is 19.5 Å². The van der Waals surface area contributed by atoms with Crippen LogP contribution in [0.15, 0.2) is 15.6 Å². The van der Waals surface area contributed by atoms with Gasteiger partial charge in [0.15, 0.2) is 4.34 Å². The number of aliphatic carboxylic acids is 1. The zero-order chi connectivity index (χ0) is 19.6. The van der Waals surface area contributed by atoms with Crippen LogP contribution >= 0.6 is 46.6 Å². The molecule has 146 valence electrons. The Hall–Kier alpha value is -1.28. The lowest BCUT2D eigenvalue weighted by Gasteiger charge is -2.49. The Morgan fingerprint density at radius 1 is 1.44 bits per heavy atom. The van der Waals surface area contributed by atoms with Crippen molar-refractivity contribution in [2.75, 3.05) is 23.5 Å². The van der Waals surface area contributed by atoms with Crippen molar-refractivity contribution in [3.8, 4) is 0 Å². The van der Waals surface area contributed by atoms with Crippen molar-refractivity contribution >= 4 is 64.4 Å². The molecule has 3 heterocycles. The Labute approximate surface area is 171 Å². The van der Waals surface area contributed by atoms with E-state index in [0.717, 1.165) is 0 Å². The lowest BCUT2D eigenvalue weighted by atomic mass is 10.0. The van der Waals surface area contributed by atoms with Crippen molar-refractivity contribution in [1.29, 1.82) is 0 Å². The minimum atomic E-state index is -1.14. The molecule has 0 radical (unpaired) electrons. The fourth-order valence-electron chi connectivity index (χ4n) is 2.67. The molecule has 0 saturated carbocycles. The molecule has 2 aliphatic rings. The Kier molecular flexibility index (Phi) is 6.68. The van der Waals surface area contributed by atoms with Gasteiger partial charge >= 0.3 is 5.97 Å². The molecule has 2 aliphatic heterocycles. The topological polar surface area (TPSA) is 139 Å². The van der Waals surface area contributed by atoms with Crippen LogP contribution in [-0.2, 0) is 20.9 Å². The highest BCUT2D eigenvalue weighted by molar-refractivity contribution is 8.01. The zero-order valence-corrected chi connectivity index (χ0v) is 17.5. The number of fused-ring (bicyclic) bond motifs is 1. The number of aromatic nitrogens is 2. The lowest BCUT2D eigenvalue weighted by Crippen LogP contribution is -2.70. The SMILES string of the molecule is CSCC(=O)NC1C(=O)N2C(C(=O)O)=C(CSc3nnc(CN)s3)CS[C@@H]12. The zero-order valence-electron chi connectivity index (χ0n) is 14.2. The van der Waals surface area contributed by atoms with Crippen molar-refractivity contribution in [3.05, 3.63) is 16.3 Å². The summed E-state index contributed by atoms with van der Waals surface area (Å²) in [5, 5.41) is 20.6. The van der Waals surface area contributed by atoms with Crippen molar-refractivity contribution in [2.24, 2.45) is 5.73 Å². The summed E-state index contributed by atoms with van der Waals surface area (Å²) in [5.74, 6) is -0.623. The van der Waals surface area contributed by atoms with Crippen LogP contribution < -0.4 is 11.1 Å².